The van der Waals surface area contributed by atoms with Gasteiger partial charge in [0.2, 0.25) is 0 Å². The van der Waals surface area contributed by atoms with Gasteiger partial charge in [-0.1, -0.05) is 23.2 Å². The molecule has 0 saturated heterocycles. The Bertz CT molecular complexity index is 961. The number of nitrogens with zero attached hydrogens (tertiary/aromatic N) is 2. The first-order valence-electron chi connectivity index (χ1n) is 8.27. The molecular formula is C19H20Cl2N4O3. The summed E-state index contributed by atoms with van der Waals surface area (Å²) in [5.41, 5.74) is 6.16. The zero-order chi connectivity index (χ0) is 21.2. The van der Waals surface area contributed by atoms with Gasteiger partial charge in [0.25, 0.3) is 0 Å². The fourth-order valence-electron chi connectivity index (χ4n) is 2.50. The number of nitriles is 1. The summed E-state index contributed by atoms with van der Waals surface area (Å²) >= 11 is 12.7. The molecule has 0 atom stereocenters. The van der Waals surface area contributed by atoms with E-state index in [0.29, 0.717) is 5.56 Å². The van der Waals surface area contributed by atoms with Crippen molar-refractivity contribution < 1.29 is 14.3 Å². The molecule has 2 rings (SSSR count). The lowest BCUT2D eigenvalue weighted by Crippen LogP contribution is -2.39. The van der Waals surface area contributed by atoms with Crippen LogP contribution in [0, 0.1) is 11.3 Å². The van der Waals surface area contributed by atoms with Crippen molar-refractivity contribution in [2.45, 2.75) is 26.3 Å². The fraction of sp³-hybridized carbons (Fsp3) is 0.316. The van der Waals surface area contributed by atoms with E-state index in [4.69, 9.17) is 33.7 Å². The Morgan fingerprint density at radius 3 is 2.32 bits per heavy atom. The standard InChI is InChI=1S/C19H20Cl2N4O3/c1-19(2,3)24-8-14(26)10-5-12(20)16(13(21)6-10)25-9-11(7-22)15(23)17(25)18(27)28-4/h5-6,9,24H,8,23H2,1-4H3. The number of carbonyl (C=O) groups excluding carboxylic acids is 2. The summed E-state index contributed by atoms with van der Waals surface area (Å²) < 4.78 is 6.04. The smallest absolute Gasteiger partial charge is 0.357 e. The van der Waals surface area contributed by atoms with Crippen molar-refractivity contribution in [2.24, 2.45) is 0 Å². The zero-order valence-electron chi connectivity index (χ0n) is 15.9. The van der Waals surface area contributed by atoms with Crippen LogP contribution in [0.4, 0.5) is 5.69 Å². The third-order valence-corrected chi connectivity index (χ3v) is 4.48. The van der Waals surface area contributed by atoms with Gasteiger partial charge in [-0.2, -0.15) is 5.26 Å². The van der Waals surface area contributed by atoms with E-state index in [0.717, 1.165) is 0 Å². The van der Waals surface area contributed by atoms with Gasteiger partial charge in [-0.3, -0.25) is 4.79 Å². The summed E-state index contributed by atoms with van der Waals surface area (Å²) in [5.74, 6) is -0.941. The van der Waals surface area contributed by atoms with Crippen molar-refractivity contribution in [2.75, 3.05) is 19.4 Å². The predicted octanol–water partition coefficient (Wildman–Crippen LogP) is 3.60. The van der Waals surface area contributed by atoms with Crippen LogP contribution in [0.15, 0.2) is 18.3 Å². The molecule has 0 aliphatic rings. The summed E-state index contributed by atoms with van der Waals surface area (Å²) in [5, 5.41) is 12.6. The van der Waals surface area contributed by atoms with Crippen LogP contribution in [0.3, 0.4) is 0 Å². The molecule has 9 heteroatoms. The van der Waals surface area contributed by atoms with Crippen LogP contribution < -0.4 is 11.1 Å². The number of aromatic nitrogens is 1. The molecule has 1 aromatic heterocycles. The normalized spacial score (nSPS) is 11.2. The van der Waals surface area contributed by atoms with Gasteiger partial charge in [-0.05, 0) is 32.9 Å². The first-order chi connectivity index (χ1) is 13.0. The van der Waals surface area contributed by atoms with E-state index in [1.54, 1.807) is 0 Å². The van der Waals surface area contributed by atoms with E-state index in [1.165, 1.54) is 30.0 Å². The molecule has 0 radical (unpaired) electrons. The van der Waals surface area contributed by atoms with E-state index in [9.17, 15) is 14.9 Å². The number of nitrogen functional groups attached to an aromatic ring is 1. The van der Waals surface area contributed by atoms with E-state index in [-0.39, 0.29) is 50.5 Å². The number of hydrogen-bond donors (Lipinski definition) is 2. The Morgan fingerprint density at radius 2 is 1.86 bits per heavy atom. The molecule has 28 heavy (non-hydrogen) atoms. The minimum atomic E-state index is -0.749. The number of anilines is 1. The first-order valence-corrected chi connectivity index (χ1v) is 9.02. The minimum Gasteiger partial charge on any atom is -0.464 e. The molecular weight excluding hydrogens is 403 g/mol. The Labute approximate surface area is 173 Å². The quantitative estimate of drug-likeness (QED) is 0.562. The molecule has 0 unspecified atom stereocenters. The van der Waals surface area contributed by atoms with Gasteiger partial charge in [0, 0.05) is 17.3 Å². The van der Waals surface area contributed by atoms with E-state index in [1.807, 2.05) is 26.8 Å². The molecule has 0 aliphatic heterocycles. The Kier molecular flexibility index (Phi) is 6.40. The van der Waals surface area contributed by atoms with E-state index < -0.39 is 5.97 Å². The second-order valence-corrected chi connectivity index (χ2v) is 7.91. The largest absolute Gasteiger partial charge is 0.464 e. The van der Waals surface area contributed by atoms with Crippen molar-refractivity contribution in [1.29, 1.82) is 5.26 Å². The van der Waals surface area contributed by atoms with Gasteiger partial charge in [0.05, 0.1) is 40.6 Å². The maximum Gasteiger partial charge on any atom is 0.357 e. The molecule has 1 aromatic carbocycles. The molecule has 1 heterocycles. The molecule has 0 bridgehead atoms. The number of ketones is 1. The number of Topliss-reactive ketones (excluding diaryl/α,β-unsaturated/α-hetero) is 1. The summed E-state index contributed by atoms with van der Waals surface area (Å²) in [6.07, 6.45) is 1.34. The highest BCUT2D eigenvalue weighted by atomic mass is 35.5. The molecule has 148 valence electrons. The summed E-state index contributed by atoms with van der Waals surface area (Å²) in [7, 11) is 1.19. The minimum absolute atomic E-state index is 0.0454. The van der Waals surface area contributed by atoms with E-state index >= 15 is 0 Å². The van der Waals surface area contributed by atoms with Gasteiger partial charge < -0.3 is 20.4 Å². The Balaban J connectivity index is 2.54. The molecule has 0 fully saturated rings. The highest BCUT2D eigenvalue weighted by Gasteiger charge is 2.25. The highest BCUT2D eigenvalue weighted by molar-refractivity contribution is 6.38. The lowest BCUT2D eigenvalue weighted by atomic mass is 10.1. The number of esters is 1. The number of nitrogens with one attached hydrogen (secondary N) is 1. The molecule has 2 aromatic rings. The topological polar surface area (TPSA) is 110 Å². The number of rotatable bonds is 5. The monoisotopic (exact) mass is 422 g/mol. The third kappa shape index (κ3) is 4.47. The average Bonchev–Trinajstić information content (AvgIpc) is 2.93. The Morgan fingerprint density at radius 1 is 1.29 bits per heavy atom. The highest BCUT2D eigenvalue weighted by Crippen LogP contribution is 2.34. The van der Waals surface area contributed by atoms with Crippen LogP contribution in [0.25, 0.3) is 5.69 Å². The first kappa shape index (κ1) is 21.8. The van der Waals surface area contributed by atoms with Crippen LogP contribution in [0.1, 0.15) is 47.2 Å². The van der Waals surface area contributed by atoms with Crippen LogP contribution >= 0.6 is 23.2 Å². The Hall–Kier alpha value is -2.53. The maximum atomic E-state index is 12.4. The molecule has 0 spiro atoms. The summed E-state index contributed by atoms with van der Waals surface area (Å²) in [4.78, 5) is 24.6. The van der Waals surface area contributed by atoms with E-state index in [2.05, 4.69) is 5.32 Å². The van der Waals surface area contributed by atoms with Crippen LogP contribution in [0.5, 0.6) is 0 Å². The zero-order valence-corrected chi connectivity index (χ0v) is 17.4. The molecule has 7 nitrogen and oxygen atoms in total. The van der Waals surface area contributed by atoms with Crippen LogP contribution in [-0.4, -0.2) is 35.5 Å². The lowest BCUT2D eigenvalue weighted by Gasteiger charge is -2.20. The number of nitrogens with two attached hydrogens (primary N) is 1. The second-order valence-electron chi connectivity index (χ2n) is 7.09. The molecule has 0 aliphatic carbocycles. The van der Waals surface area contributed by atoms with Crippen molar-refractivity contribution in [3.8, 4) is 11.8 Å². The number of ether oxygens (including phenoxy) is 1. The summed E-state index contributed by atoms with van der Waals surface area (Å²) in [6, 6.07) is 4.82. The van der Waals surface area contributed by atoms with Crippen molar-refractivity contribution >= 4 is 40.6 Å². The van der Waals surface area contributed by atoms with Gasteiger partial charge in [-0.25, -0.2) is 4.79 Å². The van der Waals surface area contributed by atoms with Crippen molar-refractivity contribution in [1.82, 2.24) is 9.88 Å². The number of halogens is 2. The van der Waals surface area contributed by atoms with Crippen molar-refractivity contribution in [3.63, 3.8) is 0 Å². The average molecular weight is 423 g/mol. The number of carbonyl (C=O) groups is 2. The summed E-state index contributed by atoms with van der Waals surface area (Å²) in [6.45, 7) is 5.95. The lowest BCUT2D eigenvalue weighted by molar-refractivity contribution is 0.0593. The van der Waals surface area contributed by atoms with Crippen LogP contribution in [-0.2, 0) is 4.74 Å². The molecule has 0 saturated carbocycles. The van der Waals surface area contributed by atoms with Gasteiger partial charge in [0.15, 0.2) is 11.5 Å². The second kappa shape index (κ2) is 8.23. The number of benzene rings is 1. The SMILES string of the molecule is COC(=O)c1c(N)c(C#N)cn1-c1c(Cl)cc(C(=O)CNC(C)(C)C)cc1Cl. The van der Waals surface area contributed by atoms with Crippen LogP contribution in [0.2, 0.25) is 10.0 Å². The molecule has 0 amide bonds. The fourth-order valence-corrected chi connectivity index (χ4v) is 3.16. The number of hydrogen-bond acceptors (Lipinski definition) is 6. The molecule has 3 N–H and O–H groups in total. The number of methoxy groups -OCH3 is 1. The third-order valence-electron chi connectivity index (χ3n) is 3.90. The van der Waals surface area contributed by atoms with Crippen molar-refractivity contribution in [3.05, 3.63) is 45.2 Å². The van der Waals surface area contributed by atoms with Gasteiger partial charge in [-0.15, -0.1) is 0 Å². The van der Waals surface area contributed by atoms with Gasteiger partial charge >= 0.3 is 5.97 Å². The maximum absolute atomic E-state index is 12.4. The van der Waals surface area contributed by atoms with Gasteiger partial charge in [0.1, 0.15) is 6.07 Å². The predicted molar refractivity (Wildman–Crippen MR) is 108 cm³/mol.